The number of amides is 1. The van der Waals surface area contributed by atoms with E-state index in [9.17, 15) is 29.4 Å². The molecule has 0 bridgehead atoms. The third-order valence-electron chi connectivity index (χ3n) is 8.04. The monoisotopic (exact) mass is 632 g/mol. The van der Waals surface area contributed by atoms with Crippen molar-refractivity contribution in [2.75, 3.05) is 18.1 Å². The Morgan fingerprint density at radius 1 is 0.810 bits per heavy atom. The summed E-state index contributed by atoms with van der Waals surface area (Å²) in [7, 11) is 0. The highest BCUT2D eigenvalue weighted by atomic mass is 32.2. The molecular weight excluding hydrogens is 576 g/mol. The van der Waals surface area contributed by atoms with E-state index in [0.717, 1.165) is 19.3 Å². The number of rotatable bonds is 20. The molecule has 9 nitrogen and oxygen atoms in total. The van der Waals surface area contributed by atoms with Crippen molar-refractivity contribution >= 4 is 47.2 Å². The molecule has 0 aromatic rings. The van der Waals surface area contributed by atoms with Gasteiger partial charge in [-0.2, -0.15) is 23.5 Å². The van der Waals surface area contributed by atoms with Gasteiger partial charge in [0.1, 0.15) is 17.9 Å². The number of carbonyl (C=O) groups excluding carboxylic acids is 2. The van der Waals surface area contributed by atoms with Gasteiger partial charge in [-0.15, -0.1) is 0 Å². The van der Waals surface area contributed by atoms with E-state index in [-0.39, 0.29) is 38.9 Å². The van der Waals surface area contributed by atoms with Crippen molar-refractivity contribution in [2.45, 2.75) is 141 Å². The van der Waals surface area contributed by atoms with Crippen LogP contribution in [0.15, 0.2) is 0 Å². The number of ketones is 1. The number of hydrogen-bond donors (Lipinski definition) is 4. The lowest BCUT2D eigenvalue weighted by molar-refractivity contribution is -0.143. The average Bonchev–Trinajstić information content (AvgIpc) is 2.84. The number of carboxylic acids is 2. The Morgan fingerprint density at radius 2 is 1.31 bits per heavy atom. The van der Waals surface area contributed by atoms with Crippen molar-refractivity contribution in [3.8, 4) is 0 Å². The normalized spacial score (nSPS) is 19.5. The van der Waals surface area contributed by atoms with Crippen LogP contribution in [0, 0.1) is 10.8 Å². The number of hydrogen-bond acceptors (Lipinski definition) is 8. The maximum Gasteiger partial charge on any atom is 0.327 e. The lowest BCUT2D eigenvalue weighted by Crippen LogP contribution is -2.50. The van der Waals surface area contributed by atoms with Gasteiger partial charge >= 0.3 is 11.9 Å². The van der Waals surface area contributed by atoms with E-state index in [4.69, 9.17) is 4.74 Å². The van der Waals surface area contributed by atoms with Gasteiger partial charge in [0.15, 0.2) is 0 Å². The predicted molar refractivity (Wildman–Crippen MR) is 172 cm³/mol. The van der Waals surface area contributed by atoms with Crippen LogP contribution in [0.2, 0.25) is 0 Å². The van der Waals surface area contributed by atoms with E-state index in [1.165, 1.54) is 11.8 Å². The molecule has 244 valence electrons. The zero-order valence-electron chi connectivity index (χ0n) is 27.4. The minimum absolute atomic E-state index is 0.216. The Kier molecular flexibility index (Phi) is 14.9. The van der Waals surface area contributed by atoms with Crippen LogP contribution >= 0.6 is 23.5 Å². The standard InChI is InChI=1S/C31H56N2O7S2/c1-11-29(5,6)24(34)14-15-31(9,10)40-17-16-30(7,8)27(39)32-20(25(35)36)18-41-22-12-13-23(22)42-19-21(26(37)38)33-28(2,3)4/h20-23,33H,11-19H2,1-10H3,(H,32,39)(H,35,36)(H,37,38). The van der Waals surface area contributed by atoms with Crippen LogP contribution in [-0.4, -0.2) is 85.7 Å². The topological polar surface area (TPSA) is 142 Å². The number of Topliss-reactive ketones (excluding diaryl/α,β-unsaturated/α-hetero) is 1. The second-order valence-electron chi connectivity index (χ2n) is 14.4. The summed E-state index contributed by atoms with van der Waals surface area (Å²) in [5.74, 6) is -1.40. The Hall–Kier alpha value is -1.30. The maximum absolute atomic E-state index is 13.1. The molecule has 0 spiro atoms. The fourth-order valence-corrected chi connectivity index (χ4v) is 7.31. The number of ether oxygens (including phenoxy) is 1. The lowest BCUT2D eigenvalue weighted by Gasteiger charge is -2.37. The SMILES string of the molecule is CCC(C)(C)C(=O)CCC(C)(C)OCCC(C)(C)C(=O)NC(CSC1CCC1SCC(NC(C)(C)C)C(=O)O)C(=O)O. The van der Waals surface area contributed by atoms with Crippen LogP contribution in [0.4, 0.5) is 0 Å². The molecule has 11 heteroatoms. The van der Waals surface area contributed by atoms with Crippen molar-refractivity contribution in [1.29, 1.82) is 0 Å². The highest BCUT2D eigenvalue weighted by Gasteiger charge is 2.37. The Balaban J connectivity index is 2.57. The van der Waals surface area contributed by atoms with Gasteiger partial charge in [-0.05, 0) is 66.7 Å². The average molecular weight is 633 g/mol. The highest BCUT2D eigenvalue weighted by Crippen LogP contribution is 2.40. The summed E-state index contributed by atoms with van der Waals surface area (Å²) in [6, 6.07) is -1.67. The van der Waals surface area contributed by atoms with Crippen molar-refractivity contribution in [3.05, 3.63) is 0 Å². The molecule has 4 atom stereocenters. The molecule has 0 aliphatic heterocycles. The lowest BCUT2D eigenvalue weighted by atomic mass is 9.82. The molecule has 0 saturated heterocycles. The summed E-state index contributed by atoms with van der Waals surface area (Å²) >= 11 is 3.14. The van der Waals surface area contributed by atoms with E-state index >= 15 is 0 Å². The molecule has 0 heterocycles. The van der Waals surface area contributed by atoms with Crippen LogP contribution < -0.4 is 10.6 Å². The van der Waals surface area contributed by atoms with Crippen LogP contribution in [-0.2, 0) is 23.9 Å². The number of carbonyl (C=O) groups is 4. The van der Waals surface area contributed by atoms with Crippen molar-refractivity contribution in [1.82, 2.24) is 10.6 Å². The van der Waals surface area contributed by atoms with Gasteiger partial charge in [0.05, 0.1) is 5.60 Å². The largest absolute Gasteiger partial charge is 0.480 e. The molecule has 1 rings (SSSR count). The summed E-state index contributed by atoms with van der Waals surface area (Å²) in [5, 5.41) is 25.7. The first-order valence-corrected chi connectivity index (χ1v) is 17.1. The Morgan fingerprint density at radius 3 is 1.74 bits per heavy atom. The van der Waals surface area contributed by atoms with Crippen LogP contribution in [0.25, 0.3) is 0 Å². The van der Waals surface area contributed by atoms with Gasteiger partial charge in [0.2, 0.25) is 5.91 Å². The minimum atomic E-state index is -1.08. The summed E-state index contributed by atoms with van der Waals surface area (Å²) in [5.41, 5.74) is -2.01. The summed E-state index contributed by atoms with van der Waals surface area (Å²) in [4.78, 5) is 49.2. The molecule has 1 amide bonds. The van der Waals surface area contributed by atoms with Gasteiger partial charge in [0, 0.05) is 51.4 Å². The van der Waals surface area contributed by atoms with E-state index in [1.54, 1.807) is 25.6 Å². The van der Waals surface area contributed by atoms with Gasteiger partial charge in [-0.25, -0.2) is 4.79 Å². The van der Waals surface area contributed by atoms with Crippen molar-refractivity contribution in [3.63, 3.8) is 0 Å². The van der Waals surface area contributed by atoms with E-state index < -0.39 is 35.0 Å². The molecule has 1 fully saturated rings. The van der Waals surface area contributed by atoms with Crippen LogP contribution in [0.5, 0.6) is 0 Å². The molecule has 42 heavy (non-hydrogen) atoms. The van der Waals surface area contributed by atoms with Crippen LogP contribution in [0.1, 0.15) is 108 Å². The van der Waals surface area contributed by atoms with E-state index in [1.807, 2.05) is 55.4 Å². The number of thioether (sulfide) groups is 2. The first-order chi connectivity index (χ1) is 19.1. The minimum Gasteiger partial charge on any atom is -0.480 e. The van der Waals surface area contributed by atoms with Crippen LogP contribution in [0.3, 0.4) is 0 Å². The Bertz CT molecular complexity index is 931. The second kappa shape index (κ2) is 16.1. The fourth-order valence-electron chi connectivity index (χ4n) is 4.20. The summed E-state index contributed by atoms with van der Waals surface area (Å²) in [6.07, 6.45) is 4.12. The third-order valence-corrected chi connectivity index (χ3v) is 11.2. The second-order valence-corrected chi connectivity index (χ2v) is 16.9. The van der Waals surface area contributed by atoms with Gasteiger partial charge in [-0.3, -0.25) is 19.7 Å². The first-order valence-electron chi connectivity index (χ1n) is 15.0. The molecule has 4 N–H and O–H groups in total. The summed E-state index contributed by atoms with van der Waals surface area (Å²) < 4.78 is 6.06. The molecule has 1 saturated carbocycles. The number of aliphatic carboxylic acids is 2. The first kappa shape index (κ1) is 38.7. The third kappa shape index (κ3) is 13.6. The molecule has 1 aliphatic carbocycles. The van der Waals surface area contributed by atoms with E-state index in [2.05, 4.69) is 10.6 Å². The molecule has 1 aliphatic rings. The van der Waals surface area contributed by atoms with Gasteiger partial charge in [-0.1, -0.05) is 34.6 Å². The zero-order valence-corrected chi connectivity index (χ0v) is 29.1. The fraction of sp³-hybridized carbons (Fsp3) is 0.871. The maximum atomic E-state index is 13.1. The number of nitrogens with one attached hydrogen (secondary N) is 2. The molecular formula is C31H56N2O7S2. The Labute approximate surface area is 261 Å². The molecule has 4 unspecified atom stereocenters. The zero-order chi connectivity index (χ0) is 32.5. The van der Waals surface area contributed by atoms with Gasteiger partial charge in [0.25, 0.3) is 0 Å². The van der Waals surface area contributed by atoms with Gasteiger partial charge < -0.3 is 20.3 Å². The summed E-state index contributed by atoms with van der Waals surface area (Å²) in [6.45, 7) is 19.5. The quantitative estimate of drug-likeness (QED) is 0.138. The number of carboxylic acid groups (broad SMARTS) is 2. The highest BCUT2D eigenvalue weighted by molar-refractivity contribution is 8.04. The van der Waals surface area contributed by atoms with E-state index in [0.29, 0.717) is 31.6 Å². The smallest absolute Gasteiger partial charge is 0.327 e. The molecule has 0 aromatic carbocycles. The van der Waals surface area contributed by atoms with Crippen molar-refractivity contribution < 1.29 is 34.1 Å². The molecule has 0 aromatic heterocycles. The van der Waals surface area contributed by atoms with Crippen molar-refractivity contribution in [2.24, 2.45) is 10.8 Å². The molecule has 0 radical (unpaired) electrons. The predicted octanol–water partition coefficient (Wildman–Crippen LogP) is 5.39.